The lowest BCUT2D eigenvalue weighted by atomic mass is 10.1. The van der Waals surface area contributed by atoms with Gasteiger partial charge >= 0.3 is 0 Å². The third-order valence-corrected chi connectivity index (χ3v) is 5.50. The normalized spacial score (nSPS) is 11.4. The molecule has 0 bridgehead atoms. The van der Waals surface area contributed by atoms with Gasteiger partial charge in [-0.1, -0.05) is 18.2 Å². The predicted octanol–water partition coefficient (Wildman–Crippen LogP) is 3.50. The molecule has 9 heteroatoms. The number of hydrogen-bond acceptors (Lipinski definition) is 7. The third kappa shape index (κ3) is 5.75. The maximum atomic E-state index is 13.0. The zero-order valence-electron chi connectivity index (χ0n) is 20.3. The van der Waals surface area contributed by atoms with Crippen molar-refractivity contribution in [1.82, 2.24) is 25.1 Å². The average Bonchev–Trinajstić information content (AvgIpc) is 3.19. The van der Waals surface area contributed by atoms with E-state index in [-0.39, 0.29) is 12.5 Å². The molecule has 0 spiro atoms. The van der Waals surface area contributed by atoms with E-state index in [9.17, 15) is 4.79 Å². The summed E-state index contributed by atoms with van der Waals surface area (Å²) in [6, 6.07) is 13.8. The van der Waals surface area contributed by atoms with Crippen LogP contribution >= 0.6 is 0 Å². The second-order valence-electron chi connectivity index (χ2n) is 8.59. The Morgan fingerprint density at radius 3 is 2.69 bits per heavy atom. The second-order valence-corrected chi connectivity index (χ2v) is 8.59. The minimum atomic E-state index is -1.18. The Morgan fingerprint density at radius 1 is 1.09 bits per heavy atom. The van der Waals surface area contributed by atoms with E-state index in [1.807, 2.05) is 47.1 Å². The van der Waals surface area contributed by atoms with Gasteiger partial charge in [0.25, 0.3) is 5.91 Å². The Bertz CT molecular complexity index is 1300. The van der Waals surface area contributed by atoms with Crippen molar-refractivity contribution in [2.45, 2.75) is 39.1 Å². The number of rotatable bonds is 10. The van der Waals surface area contributed by atoms with Gasteiger partial charge in [0.05, 0.1) is 49.6 Å². The van der Waals surface area contributed by atoms with Crippen molar-refractivity contribution >= 4 is 16.8 Å². The Morgan fingerprint density at radius 2 is 1.94 bits per heavy atom. The molecule has 4 rings (SSSR count). The van der Waals surface area contributed by atoms with Crippen LogP contribution in [0.5, 0.6) is 11.6 Å². The summed E-state index contributed by atoms with van der Waals surface area (Å²) in [6.45, 7) is 4.65. The second kappa shape index (κ2) is 10.5. The summed E-state index contributed by atoms with van der Waals surface area (Å²) in [5.74, 6) is 0.867. The van der Waals surface area contributed by atoms with Crippen LogP contribution in [0.2, 0.25) is 0 Å². The van der Waals surface area contributed by atoms with Gasteiger partial charge in [-0.15, -0.1) is 5.10 Å². The minimum Gasteiger partial charge on any atom is -0.497 e. The van der Waals surface area contributed by atoms with E-state index < -0.39 is 5.60 Å². The van der Waals surface area contributed by atoms with Gasteiger partial charge < -0.3 is 19.5 Å². The van der Waals surface area contributed by atoms with Crippen molar-refractivity contribution in [1.29, 1.82) is 0 Å². The van der Waals surface area contributed by atoms with Gasteiger partial charge in [0.2, 0.25) is 5.88 Å². The Kier molecular flexibility index (Phi) is 7.26. The van der Waals surface area contributed by atoms with Crippen LogP contribution in [0.15, 0.2) is 61.1 Å². The Labute approximate surface area is 204 Å². The number of nitrogens with one attached hydrogen (secondary N) is 1. The van der Waals surface area contributed by atoms with Crippen LogP contribution < -0.4 is 14.8 Å². The van der Waals surface area contributed by atoms with E-state index in [1.165, 1.54) is 0 Å². The lowest BCUT2D eigenvalue weighted by Crippen LogP contribution is -2.46. The number of amides is 1. The van der Waals surface area contributed by atoms with Crippen molar-refractivity contribution in [3.8, 4) is 11.6 Å². The highest BCUT2D eigenvalue weighted by Gasteiger charge is 2.32. The quantitative estimate of drug-likeness (QED) is 0.375. The third-order valence-electron chi connectivity index (χ3n) is 5.50. The molecule has 0 aliphatic carbocycles. The smallest absolute Gasteiger partial charge is 0.263 e. The van der Waals surface area contributed by atoms with Crippen LogP contribution in [0.1, 0.15) is 30.7 Å². The van der Waals surface area contributed by atoms with Gasteiger partial charge in [-0.3, -0.25) is 19.4 Å². The first-order chi connectivity index (χ1) is 16.9. The van der Waals surface area contributed by atoms with Crippen molar-refractivity contribution < 1.29 is 19.0 Å². The number of carbonyl (C=O) groups is 1. The van der Waals surface area contributed by atoms with E-state index >= 15 is 0 Å². The van der Waals surface area contributed by atoms with Gasteiger partial charge in [-0.05, 0) is 49.2 Å². The number of carbonyl (C=O) groups excluding carboxylic acids is 1. The number of ether oxygens (including phenoxy) is 3. The molecule has 0 atom stereocenters. The van der Waals surface area contributed by atoms with E-state index in [4.69, 9.17) is 19.3 Å². The Balaban J connectivity index is 1.61. The Hall–Kier alpha value is -3.98. The van der Waals surface area contributed by atoms with Crippen molar-refractivity contribution in [3.05, 3.63) is 77.9 Å². The fraction of sp³-hybridized carbons (Fsp3) is 0.308. The SMILES string of the molecule is COCc1ccc2c(c1)c(OC(C)(C)C(=O)NCc1cnccn1)nn2Cc1cccc(OC)c1. The van der Waals surface area contributed by atoms with Gasteiger partial charge in [0.1, 0.15) is 5.75 Å². The highest BCUT2D eigenvalue weighted by Crippen LogP contribution is 2.30. The number of aromatic nitrogens is 4. The molecule has 0 saturated heterocycles. The first kappa shape index (κ1) is 24.2. The van der Waals surface area contributed by atoms with Crippen LogP contribution in [0.4, 0.5) is 0 Å². The maximum Gasteiger partial charge on any atom is 0.263 e. The van der Waals surface area contributed by atoms with Gasteiger partial charge in [-0.2, -0.15) is 0 Å². The van der Waals surface area contributed by atoms with E-state index in [2.05, 4.69) is 15.3 Å². The van der Waals surface area contributed by atoms with E-state index in [1.54, 1.807) is 46.7 Å². The van der Waals surface area contributed by atoms with Crippen molar-refractivity contribution in [3.63, 3.8) is 0 Å². The standard InChI is InChI=1S/C26H29N5O4/c1-26(2,25(32)29-15-20-14-27-10-11-28-20)35-24-22-13-19(17-33-3)8-9-23(22)31(30-24)16-18-6-5-7-21(12-18)34-4/h5-14H,15-17H2,1-4H3,(H,29,32). The lowest BCUT2D eigenvalue weighted by molar-refractivity contribution is -0.134. The molecular weight excluding hydrogens is 446 g/mol. The zero-order valence-corrected chi connectivity index (χ0v) is 20.3. The first-order valence-corrected chi connectivity index (χ1v) is 11.2. The molecule has 1 amide bonds. The molecule has 0 fully saturated rings. The summed E-state index contributed by atoms with van der Waals surface area (Å²) in [4.78, 5) is 21.2. The first-order valence-electron chi connectivity index (χ1n) is 11.2. The summed E-state index contributed by atoms with van der Waals surface area (Å²) in [6.07, 6.45) is 4.78. The molecule has 35 heavy (non-hydrogen) atoms. The van der Waals surface area contributed by atoms with Crippen LogP contribution in [-0.4, -0.2) is 45.5 Å². The highest BCUT2D eigenvalue weighted by atomic mass is 16.5. The molecule has 0 saturated carbocycles. The molecule has 0 radical (unpaired) electrons. The fourth-order valence-electron chi connectivity index (χ4n) is 3.69. The molecule has 0 aliphatic rings. The van der Waals surface area contributed by atoms with E-state index in [0.717, 1.165) is 27.8 Å². The monoisotopic (exact) mass is 475 g/mol. The molecular formula is C26H29N5O4. The molecule has 9 nitrogen and oxygen atoms in total. The summed E-state index contributed by atoms with van der Waals surface area (Å²) in [5, 5.41) is 8.40. The maximum absolute atomic E-state index is 13.0. The number of hydrogen-bond donors (Lipinski definition) is 1. The van der Waals surface area contributed by atoms with Gasteiger partial charge in [-0.25, -0.2) is 0 Å². The number of nitrogens with zero attached hydrogens (tertiary/aromatic N) is 4. The molecule has 0 unspecified atom stereocenters. The number of benzene rings is 2. The largest absolute Gasteiger partial charge is 0.497 e. The molecule has 1 N–H and O–H groups in total. The van der Waals surface area contributed by atoms with Crippen molar-refractivity contribution in [2.75, 3.05) is 14.2 Å². The van der Waals surface area contributed by atoms with Crippen LogP contribution in [0.3, 0.4) is 0 Å². The number of fused-ring (bicyclic) bond motifs is 1. The van der Waals surface area contributed by atoms with Crippen LogP contribution in [0.25, 0.3) is 10.9 Å². The molecule has 4 aromatic rings. The van der Waals surface area contributed by atoms with Gasteiger partial charge in [0, 0.05) is 19.5 Å². The highest BCUT2D eigenvalue weighted by molar-refractivity contribution is 5.88. The predicted molar refractivity (Wildman–Crippen MR) is 131 cm³/mol. The summed E-state index contributed by atoms with van der Waals surface area (Å²) < 4.78 is 18.7. The van der Waals surface area contributed by atoms with Crippen LogP contribution in [-0.2, 0) is 29.2 Å². The summed E-state index contributed by atoms with van der Waals surface area (Å²) in [7, 11) is 3.29. The average molecular weight is 476 g/mol. The molecule has 0 aliphatic heterocycles. The molecule has 182 valence electrons. The minimum absolute atomic E-state index is 0.252. The summed E-state index contributed by atoms with van der Waals surface area (Å²) in [5.41, 5.74) is 2.38. The van der Waals surface area contributed by atoms with Crippen LogP contribution in [0, 0.1) is 0 Å². The molecule has 2 heterocycles. The topological polar surface area (TPSA) is 100 Å². The zero-order chi connectivity index (χ0) is 24.8. The van der Waals surface area contributed by atoms with Gasteiger partial charge in [0.15, 0.2) is 5.60 Å². The molecule has 2 aromatic carbocycles. The summed E-state index contributed by atoms with van der Waals surface area (Å²) >= 11 is 0. The van der Waals surface area contributed by atoms with Crippen molar-refractivity contribution in [2.24, 2.45) is 0 Å². The van der Waals surface area contributed by atoms with E-state index in [0.29, 0.717) is 24.7 Å². The fourth-order valence-corrected chi connectivity index (χ4v) is 3.69. The molecule has 2 aromatic heterocycles. The number of methoxy groups -OCH3 is 2. The lowest BCUT2D eigenvalue weighted by Gasteiger charge is -2.24.